The SMILES string of the molecule is CCCC1CC[C@@H]2C[C@H](c3ccc(-c4cc(F)c(OC(F)(F)F)c(F)c4)cc3)CC[C@@H]2C1. The van der Waals surface area contributed by atoms with Crippen LogP contribution in [0.25, 0.3) is 11.1 Å². The van der Waals surface area contributed by atoms with Crippen LogP contribution < -0.4 is 4.74 Å². The Kier molecular flexibility index (Phi) is 6.78. The van der Waals surface area contributed by atoms with Gasteiger partial charge in [0.05, 0.1) is 0 Å². The molecule has 0 radical (unpaired) electrons. The lowest BCUT2D eigenvalue weighted by Crippen LogP contribution is -2.30. The fourth-order valence-corrected chi connectivity index (χ4v) is 5.85. The fraction of sp³-hybridized carbons (Fsp3) is 0.538. The quantitative estimate of drug-likeness (QED) is 0.413. The van der Waals surface area contributed by atoms with Gasteiger partial charge in [0.2, 0.25) is 5.75 Å². The molecule has 0 aromatic heterocycles. The lowest BCUT2D eigenvalue weighted by atomic mass is 9.63. The minimum Gasteiger partial charge on any atom is -0.399 e. The van der Waals surface area contributed by atoms with Gasteiger partial charge < -0.3 is 4.74 Å². The normalized spacial score (nSPS) is 25.9. The standard InChI is InChI=1S/C26H29F5O/c1-2-3-16-4-5-21-13-20(11-10-19(21)12-16)17-6-8-18(9-7-17)22-14-23(27)25(24(28)15-22)32-26(29,30)31/h6-9,14-16,19-21H,2-5,10-13H2,1H3/t16?,19-,20-,21-/m1/s1. The Labute approximate surface area is 186 Å². The number of halogens is 5. The van der Waals surface area contributed by atoms with Gasteiger partial charge in [-0.3, -0.25) is 0 Å². The van der Waals surface area contributed by atoms with E-state index in [2.05, 4.69) is 11.7 Å². The van der Waals surface area contributed by atoms with Crippen LogP contribution in [0.15, 0.2) is 36.4 Å². The van der Waals surface area contributed by atoms with Crippen molar-refractivity contribution in [3.05, 3.63) is 53.6 Å². The Morgan fingerprint density at radius 3 is 2.09 bits per heavy atom. The zero-order chi connectivity index (χ0) is 22.9. The summed E-state index contributed by atoms with van der Waals surface area (Å²) in [5.74, 6) is -1.17. The Balaban J connectivity index is 1.44. The van der Waals surface area contributed by atoms with E-state index in [9.17, 15) is 22.0 Å². The van der Waals surface area contributed by atoms with Gasteiger partial charge in [-0.05, 0) is 84.6 Å². The molecule has 0 bridgehead atoms. The van der Waals surface area contributed by atoms with Gasteiger partial charge in [-0.1, -0.05) is 50.5 Å². The van der Waals surface area contributed by atoms with Crippen LogP contribution in [0.1, 0.15) is 69.8 Å². The molecular weight excluding hydrogens is 423 g/mol. The molecule has 174 valence electrons. The lowest BCUT2D eigenvalue weighted by Gasteiger charge is -2.42. The molecule has 1 nitrogen and oxygen atoms in total. The lowest BCUT2D eigenvalue weighted by molar-refractivity contribution is -0.276. The minimum absolute atomic E-state index is 0.180. The number of ether oxygens (including phenoxy) is 1. The van der Waals surface area contributed by atoms with Crippen molar-refractivity contribution in [1.29, 1.82) is 0 Å². The van der Waals surface area contributed by atoms with Crippen LogP contribution in [0.5, 0.6) is 5.75 Å². The Hall–Kier alpha value is -2.11. The van der Waals surface area contributed by atoms with E-state index in [0.717, 1.165) is 36.3 Å². The van der Waals surface area contributed by atoms with Crippen LogP contribution in [0, 0.1) is 29.4 Å². The van der Waals surface area contributed by atoms with Crippen molar-refractivity contribution in [2.75, 3.05) is 0 Å². The van der Waals surface area contributed by atoms with E-state index in [0.29, 0.717) is 11.5 Å². The molecule has 2 aliphatic carbocycles. The van der Waals surface area contributed by atoms with Crippen LogP contribution in [0.3, 0.4) is 0 Å². The molecule has 2 aromatic carbocycles. The first-order chi connectivity index (χ1) is 15.2. The summed E-state index contributed by atoms with van der Waals surface area (Å²) in [6.07, 6.45) is 5.09. The van der Waals surface area contributed by atoms with Crippen LogP contribution in [-0.2, 0) is 0 Å². The largest absolute Gasteiger partial charge is 0.573 e. The highest BCUT2D eigenvalue weighted by Gasteiger charge is 2.36. The Bertz CT molecular complexity index is 898. The van der Waals surface area contributed by atoms with Gasteiger partial charge in [-0.25, -0.2) is 8.78 Å². The van der Waals surface area contributed by atoms with E-state index in [1.165, 1.54) is 50.5 Å². The number of hydrogen-bond donors (Lipinski definition) is 0. The van der Waals surface area contributed by atoms with E-state index in [1.54, 1.807) is 12.1 Å². The number of benzene rings is 2. The van der Waals surface area contributed by atoms with E-state index in [1.807, 2.05) is 12.1 Å². The van der Waals surface area contributed by atoms with E-state index in [-0.39, 0.29) is 5.56 Å². The molecule has 1 unspecified atom stereocenters. The first-order valence-corrected chi connectivity index (χ1v) is 11.6. The third kappa shape index (κ3) is 5.26. The van der Waals surface area contributed by atoms with Crippen molar-refractivity contribution in [3.63, 3.8) is 0 Å². The highest BCUT2D eigenvalue weighted by Crippen LogP contribution is 2.48. The van der Waals surface area contributed by atoms with Gasteiger partial charge in [0.1, 0.15) is 0 Å². The molecule has 0 aliphatic heterocycles. The van der Waals surface area contributed by atoms with Gasteiger partial charge in [-0.15, -0.1) is 13.2 Å². The van der Waals surface area contributed by atoms with Crippen molar-refractivity contribution < 1.29 is 26.7 Å². The summed E-state index contributed by atoms with van der Waals surface area (Å²) in [6.45, 7) is 2.26. The van der Waals surface area contributed by atoms with E-state index >= 15 is 0 Å². The second kappa shape index (κ2) is 9.40. The van der Waals surface area contributed by atoms with Gasteiger partial charge in [0, 0.05) is 0 Å². The van der Waals surface area contributed by atoms with Crippen molar-refractivity contribution in [2.45, 2.75) is 70.6 Å². The summed E-state index contributed by atoms with van der Waals surface area (Å²) >= 11 is 0. The molecule has 32 heavy (non-hydrogen) atoms. The summed E-state index contributed by atoms with van der Waals surface area (Å²) < 4.78 is 68.6. The topological polar surface area (TPSA) is 9.23 Å². The van der Waals surface area contributed by atoms with Crippen molar-refractivity contribution in [2.24, 2.45) is 17.8 Å². The van der Waals surface area contributed by atoms with Gasteiger partial charge in [-0.2, -0.15) is 0 Å². The van der Waals surface area contributed by atoms with Crippen LogP contribution >= 0.6 is 0 Å². The van der Waals surface area contributed by atoms with Gasteiger partial charge >= 0.3 is 6.36 Å². The summed E-state index contributed by atoms with van der Waals surface area (Å²) in [7, 11) is 0. The molecule has 0 N–H and O–H groups in total. The maximum Gasteiger partial charge on any atom is 0.573 e. The molecule has 4 atom stereocenters. The first kappa shape index (κ1) is 23.1. The van der Waals surface area contributed by atoms with Gasteiger partial charge in [0.25, 0.3) is 0 Å². The predicted molar refractivity (Wildman–Crippen MR) is 114 cm³/mol. The van der Waals surface area contributed by atoms with Gasteiger partial charge in [0.15, 0.2) is 11.6 Å². The smallest absolute Gasteiger partial charge is 0.399 e. The zero-order valence-electron chi connectivity index (χ0n) is 18.2. The Morgan fingerprint density at radius 1 is 0.844 bits per heavy atom. The second-order valence-electron chi connectivity index (χ2n) is 9.44. The third-order valence-corrected chi connectivity index (χ3v) is 7.35. The van der Waals surface area contributed by atoms with Crippen molar-refractivity contribution in [1.82, 2.24) is 0 Å². The first-order valence-electron chi connectivity index (χ1n) is 11.6. The van der Waals surface area contributed by atoms with Crippen molar-refractivity contribution >= 4 is 0 Å². The molecule has 0 heterocycles. The monoisotopic (exact) mass is 452 g/mol. The maximum absolute atomic E-state index is 14.1. The highest BCUT2D eigenvalue weighted by atomic mass is 19.4. The van der Waals surface area contributed by atoms with Crippen molar-refractivity contribution in [3.8, 4) is 16.9 Å². The molecule has 2 fully saturated rings. The van der Waals surface area contributed by atoms with E-state index in [4.69, 9.17) is 0 Å². The van der Waals surface area contributed by atoms with E-state index < -0.39 is 23.7 Å². The molecule has 0 saturated heterocycles. The van der Waals surface area contributed by atoms with Crippen LogP contribution in [0.4, 0.5) is 22.0 Å². The molecule has 0 amide bonds. The predicted octanol–water partition coefficient (Wildman–Crippen LogP) is 8.63. The molecule has 6 heteroatoms. The molecular formula is C26H29F5O. The van der Waals surface area contributed by atoms with Crippen LogP contribution in [-0.4, -0.2) is 6.36 Å². The third-order valence-electron chi connectivity index (χ3n) is 7.35. The molecule has 4 rings (SSSR count). The maximum atomic E-state index is 14.1. The zero-order valence-corrected chi connectivity index (χ0v) is 18.2. The summed E-state index contributed by atoms with van der Waals surface area (Å²) in [5, 5.41) is 0. The number of hydrogen-bond acceptors (Lipinski definition) is 1. The molecule has 2 saturated carbocycles. The minimum atomic E-state index is -5.15. The number of alkyl halides is 3. The van der Waals surface area contributed by atoms with Crippen LogP contribution in [0.2, 0.25) is 0 Å². The summed E-state index contributed by atoms with van der Waals surface area (Å²) in [5.41, 5.74) is 1.96. The Morgan fingerprint density at radius 2 is 1.47 bits per heavy atom. The second-order valence-corrected chi connectivity index (χ2v) is 9.44. The molecule has 2 aliphatic rings. The average Bonchev–Trinajstić information content (AvgIpc) is 2.75. The summed E-state index contributed by atoms with van der Waals surface area (Å²) in [4.78, 5) is 0. The number of fused-ring (bicyclic) bond motifs is 1. The highest BCUT2D eigenvalue weighted by molar-refractivity contribution is 5.65. The average molecular weight is 453 g/mol. The molecule has 2 aromatic rings. The number of rotatable bonds is 5. The molecule has 0 spiro atoms. The fourth-order valence-electron chi connectivity index (χ4n) is 5.85. The summed E-state index contributed by atoms with van der Waals surface area (Å²) in [6, 6.07) is 9.30.